The molecule has 0 bridgehead atoms. The van der Waals surface area contributed by atoms with Crippen molar-refractivity contribution >= 4 is 6.29 Å². The highest BCUT2D eigenvalue weighted by molar-refractivity contribution is 5.59. The van der Waals surface area contributed by atoms with Crippen LogP contribution in [0.2, 0.25) is 0 Å². The van der Waals surface area contributed by atoms with E-state index in [9.17, 15) is 9.90 Å². The average Bonchev–Trinajstić information content (AvgIpc) is 3.29. The van der Waals surface area contributed by atoms with Crippen molar-refractivity contribution in [2.45, 2.75) is 103 Å². The monoisotopic (exact) mass is 365 g/mol. The Hall–Kier alpha value is -0.490. The van der Waals surface area contributed by atoms with Gasteiger partial charge in [0.1, 0.15) is 6.29 Å². The van der Waals surface area contributed by atoms with Gasteiger partial charge in [-0.2, -0.15) is 0 Å². The predicted octanol–water partition coefficient (Wildman–Crippen LogP) is 2.49. The summed E-state index contributed by atoms with van der Waals surface area (Å²) in [6.07, 6.45) is 8.54. The molecule has 26 heavy (non-hydrogen) atoms. The van der Waals surface area contributed by atoms with E-state index in [1.807, 2.05) is 0 Å². The number of nitrogens with zero attached hydrogens (tertiary/aromatic N) is 1. The molecule has 4 atom stereocenters. The van der Waals surface area contributed by atoms with E-state index in [4.69, 9.17) is 0 Å². The van der Waals surface area contributed by atoms with Gasteiger partial charge in [0.25, 0.3) is 0 Å². The minimum Gasteiger partial charge on any atom is -0.395 e. The number of hydrazine groups is 1. The van der Waals surface area contributed by atoms with Crippen molar-refractivity contribution in [2.24, 2.45) is 17.3 Å². The minimum absolute atomic E-state index is 0.0115. The first-order chi connectivity index (χ1) is 12.4. The molecule has 0 radical (unpaired) electrons. The van der Waals surface area contributed by atoms with E-state index in [1.54, 1.807) is 0 Å². The van der Waals surface area contributed by atoms with Crippen molar-refractivity contribution in [3.63, 3.8) is 0 Å². The van der Waals surface area contributed by atoms with Crippen molar-refractivity contribution in [1.29, 1.82) is 0 Å². The Morgan fingerprint density at radius 3 is 2.23 bits per heavy atom. The molecule has 1 aliphatic carbocycles. The normalized spacial score (nSPS) is 42.0. The van der Waals surface area contributed by atoms with Gasteiger partial charge in [-0.1, -0.05) is 13.8 Å². The van der Waals surface area contributed by atoms with E-state index in [-0.39, 0.29) is 6.61 Å². The van der Waals surface area contributed by atoms with Crippen molar-refractivity contribution in [3.05, 3.63) is 0 Å². The maximum absolute atomic E-state index is 11.3. The Bertz CT molecular complexity index is 458. The van der Waals surface area contributed by atoms with Crippen LogP contribution in [0.4, 0.5) is 0 Å². The molecular formula is C21H39N3O2. The topological polar surface area (TPSA) is 64.6 Å². The standard InChI is InChI=1S/C21H39N3O2/c1-14(2)20-11-19(23-24(20)15(3)4)18-6-5-17(22-18)16-7-9-21(12-25,13-26)10-8-16/h12,14-20,22-23,26H,5-11,13H2,1-4H3. The molecule has 2 saturated heterocycles. The number of carbonyl (C=O) groups is 1. The average molecular weight is 366 g/mol. The molecule has 3 fully saturated rings. The van der Waals surface area contributed by atoms with Gasteiger partial charge in [0.05, 0.1) is 6.61 Å². The third-order valence-corrected chi connectivity index (χ3v) is 7.36. The number of hydrogen-bond acceptors (Lipinski definition) is 5. The predicted molar refractivity (Wildman–Crippen MR) is 105 cm³/mol. The zero-order chi connectivity index (χ0) is 18.9. The fourth-order valence-electron chi connectivity index (χ4n) is 5.51. The number of aldehydes is 1. The maximum atomic E-state index is 11.3. The molecule has 5 heteroatoms. The van der Waals surface area contributed by atoms with Crippen LogP contribution >= 0.6 is 0 Å². The lowest BCUT2D eigenvalue weighted by molar-refractivity contribution is -0.121. The summed E-state index contributed by atoms with van der Waals surface area (Å²) < 4.78 is 0. The summed E-state index contributed by atoms with van der Waals surface area (Å²) in [5.41, 5.74) is 3.36. The zero-order valence-corrected chi connectivity index (χ0v) is 17.1. The van der Waals surface area contributed by atoms with Crippen LogP contribution in [0.15, 0.2) is 0 Å². The Morgan fingerprint density at radius 1 is 1.08 bits per heavy atom. The first-order valence-electron chi connectivity index (χ1n) is 10.8. The lowest BCUT2D eigenvalue weighted by atomic mass is 9.70. The molecule has 0 amide bonds. The summed E-state index contributed by atoms with van der Waals surface area (Å²) in [4.78, 5) is 11.3. The molecule has 0 aromatic heterocycles. The van der Waals surface area contributed by atoms with Crippen LogP contribution in [-0.2, 0) is 4.79 Å². The Balaban J connectivity index is 1.54. The molecule has 2 aliphatic heterocycles. The molecule has 0 aromatic carbocycles. The van der Waals surface area contributed by atoms with E-state index in [1.165, 1.54) is 19.3 Å². The molecular weight excluding hydrogens is 326 g/mol. The summed E-state index contributed by atoms with van der Waals surface area (Å²) >= 11 is 0. The van der Waals surface area contributed by atoms with Crippen LogP contribution in [-0.4, -0.2) is 53.2 Å². The summed E-state index contributed by atoms with van der Waals surface area (Å²) in [5.74, 6) is 1.32. The van der Waals surface area contributed by atoms with Gasteiger partial charge in [-0.3, -0.25) is 0 Å². The molecule has 3 N–H and O–H groups in total. The number of hydrogen-bond donors (Lipinski definition) is 3. The van der Waals surface area contributed by atoms with E-state index in [2.05, 4.69) is 43.4 Å². The second-order valence-electron chi connectivity index (χ2n) is 9.72. The fraction of sp³-hybridized carbons (Fsp3) is 0.952. The van der Waals surface area contributed by atoms with E-state index < -0.39 is 5.41 Å². The van der Waals surface area contributed by atoms with Crippen LogP contribution in [0.25, 0.3) is 0 Å². The van der Waals surface area contributed by atoms with Crippen LogP contribution in [0.3, 0.4) is 0 Å². The molecule has 5 nitrogen and oxygen atoms in total. The second kappa shape index (κ2) is 8.26. The second-order valence-corrected chi connectivity index (χ2v) is 9.72. The Labute approximate surface area is 159 Å². The van der Waals surface area contributed by atoms with E-state index in [0.29, 0.717) is 42.0 Å². The number of nitrogens with one attached hydrogen (secondary N) is 2. The number of carbonyl (C=O) groups excluding carboxylic acids is 1. The smallest absolute Gasteiger partial charge is 0.128 e. The van der Waals surface area contributed by atoms with Gasteiger partial charge < -0.3 is 15.2 Å². The molecule has 3 rings (SSSR count). The molecule has 150 valence electrons. The van der Waals surface area contributed by atoms with Crippen LogP contribution < -0.4 is 10.7 Å². The van der Waals surface area contributed by atoms with Crippen LogP contribution in [0, 0.1) is 17.3 Å². The highest BCUT2D eigenvalue weighted by Gasteiger charge is 2.43. The van der Waals surface area contributed by atoms with E-state index >= 15 is 0 Å². The summed E-state index contributed by atoms with van der Waals surface area (Å²) in [6, 6.07) is 2.81. The van der Waals surface area contributed by atoms with Gasteiger partial charge in [0.2, 0.25) is 0 Å². The summed E-state index contributed by atoms with van der Waals surface area (Å²) in [7, 11) is 0. The summed E-state index contributed by atoms with van der Waals surface area (Å²) in [5, 5.41) is 16.0. The molecule has 2 heterocycles. The van der Waals surface area contributed by atoms with Gasteiger partial charge in [0.15, 0.2) is 0 Å². The van der Waals surface area contributed by atoms with Crippen LogP contribution in [0.1, 0.15) is 72.6 Å². The highest BCUT2D eigenvalue weighted by atomic mass is 16.3. The highest BCUT2D eigenvalue weighted by Crippen LogP contribution is 2.41. The van der Waals surface area contributed by atoms with Gasteiger partial charge in [-0.25, -0.2) is 10.4 Å². The van der Waals surface area contributed by atoms with Gasteiger partial charge in [-0.05, 0) is 70.6 Å². The number of rotatable bonds is 6. The minimum atomic E-state index is -0.455. The first kappa shape index (κ1) is 20.2. The van der Waals surface area contributed by atoms with Crippen molar-refractivity contribution in [3.8, 4) is 0 Å². The largest absolute Gasteiger partial charge is 0.395 e. The van der Waals surface area contributed by atoms with Gasteiger partial charge in [0, 0.05) is 35.6 Å². The van der Waals surface area contributed by atoms with Crippen molar-refractivity contribution in [1.82, 2.24) is 15.8 Å². The molecule has 0 spiro atoms. The van der Waals surface area contributed by atoms with Gasteiger partial charge in [-0.15, -0.1) is 0 Å². The van der Waals surface area contributed by atoms with Crippen LogP contribution in [0.5, 0.6) is 0 Å². The fourth-order valence-corrected chi connectivity index (χ4v) is 5.51. The SMILES string of the molecule is CC(C)C1CC(C2CCC(C3CCC(C=O)(CO)CC3)N2)NN1C(C)C. The Morgan fingerprint density at radius 2 is 1.73 bits per heavy atom. The van der Waals surface area contributed by atoms with Gasteiger partial charge >= 0.3 is 0 Å². The maximum Gasteiger partial charge on any atom is 0.128 e. The molecule has 4 unspecified atom stereocenters. The lowest BCUT2D eigenvalue weighted by Gasteiger charge is -2.37. The molecule has 3 aliphatic rings. The van der Waals surface area contributed by atoms with Crippen molar-refractivity contribution in [2.75, 3.05) is 6.61 Å². The summed E-state index contributed by atoms with van der Waals surface area (Å²) in [6.45, 7) is 9.22. The first-order valence-corrected chi connectivity index (χ1v) is 10.8. The Kier molecular flexibility index (Phi) is 6.43. The number of aliphatic hydroxyl groups is 1. The molecule has 1 saturated carbocycles. The van der Waals surface area contributed by atoms with E-state index in [0.717, 1.165) is 32.0 Å². The molecule has 0 aromatic rings. The third-order valence-electron chi connectivity index (χ3n) is 7.36. The number of aliphatic hydroxyl groups excluding tert-OH is 1. The third kappa shape index (κ3) is 4.01. The quantitative estimate of drug-likeness (QED) is 0.631. The van der Waals surface area contributed by atoms with Crippen molar-refractivity contribution < 1.29 is 9.90 Å². The lowest BCUT2D eigenvalue weighted by Crippen LogP contribution is -2.51. The zero-order valence-electron chi connectivity index (χ0n) is 17.1.